The van der Waals surface area contributed by atoms with Crippen molar-refractivity contribution >= 4 is 35.8 Å². The van der Waals surface area contributed by atoms with Crippen molar-refractivity contribution in [3.05, 3.63) is 10.1 Å². The number of carboxylic acid groups (broad SMARTS) is 6. The summed E-state index contributed by atoms with van der Waals surface area (Å²) in [6.45, 7) is 5.83. The van der Waals surface area contributed by atoms with E-state index in [0.717, 1.165) is 41.5 Å². The van der Waals surface area contributed by atoms with Crippen LogP contribution < -0.4 is 30.6 Å². The Morgan fingerprint density at radius 3 is 0.533 bits per heavy atom. The zero-order valence-electron chi connectivity index (χ0n) is 16.5. The summed E-state index contributed by atoms with van der Waals surface area (Å²) in [6, 6.07) is 0. The van der Waals surface area contributed by atoms with Crippen LogP contribution in [0.4, 0.5) is 0 Å². The van der Waals surface area contributed by atoms with Crippen molar-refractivity contribution < 1.29 is 125 Å². The van der Waals surface area contributed by atoms with Crippen LogP contribution in [0.25, 0.3) is 0 Å². The van der Waals surface area contributed by atoms with E-state index >= 15 is 0 Å². The molecule has 0 bridgehead atoms. The molecule has 16 nitrogen and oxygen atoms in total. The number of hydrogen-bond acceptors (Lipinski definition) is 14. The Balaban J connectivity index is -0.0000000242. The largest absolute Gasteiger partial charge is 3.00 e. The topological polar surface area (TPSA) is 304 Å². The fraction of sp³-hybridized carbons (Fsp3) is 0.500. The van der Waals surface area contributed by atoms with E-state index in [4.69, 9.17) is 74.7 Å². The Hall–Kier alpha value is -2.16. The number of hydrogen-bond donors (Lipinski definition) is 1. The second-order valence-corrected chi connectivity index (χ2v) is 3.19. The van der Waals surface area contributed by atoms with E-state index in [-0.39, 0.29) is 55.1 Å². The molecule has 0 aliphatic carbocycles. The van der Waals surface area contributed by atoms with Gasteiger partial charge in [0, 0.05) is 35.8 Å². The van der Waals surface area contributed by atoms with Gasteiger partial charge >= 0.3 is 55.1 Å². The molecule has 0 heterocycles. The summed E-state index contributed by atoms with van der Waals surface area (Å²) in [5.41, 5.74) is 0. The Bertz CT molecular complexity index is 325. The molecule has 0 amide bonds. The van der Waals surface area contributed by atoms with Crippen LogP contribution >= 0.6 is 0 Å². The van der Waals surface area contributed by atoms with Crippen molar-refractivity contribution in [3.63, 3.8) is 0 Å². The van der Waals surface area contributed by atoms with Gasteiger partial charge in [-0.1, -0.05) is 0 Å². The van der Waals surface area contributed by atoms with E-state index in [9.17, 15) is 0 Å². The van der Waals surface area contributed by atoms with Gasteiger partial charge in [-0.25, -0.2) is 0 Å². The van der Waals surface area contributed by atoms with Gasteiger partial charge in [-0.15, -0.1) is 10.1 Å². The summed E-state index contributed by atoms with van der Waals surface area (Å²) in [6.07, 6.45) is 0. The van der Waals surface area contributed by atoms with E-state index in [2.05, 4.69) is 0 Å². The zero-order chi connectivity index (χ0) is 25.0. The van der Waals surface area contributed by atoms with Gasteiger partial charge in [0.25, 0.3) is 5.09 Å². The van der Waals surface area contributed by atoms with Gasteiger partial charge in [0.2, 0.25) is 0 Å². The minimum absolute atomic E-state index is 0. The maximum Gasteiger partial charge on any atom is 3.00 e. The van der Waals surface area contributed by atoms with E-state index in [1.807, 2.05) is 0 Å². The van der Waals surface area contributed by atoms with Crippen LogP contribution in [0, 0.1) is 45.7 Å². The summed E-state index contributed by atoms with van der Waals surface area (Å²) < 4.78 is 0. The van der Waals surface area contributed by atoms with E-state index < -0.39 is 40.9 Å². The van der Waals surface area contributed by atoms with Crippen LogP contribution in [0.15, 0.2) is 0 Å². The van der Waals surface area contributed by atoms with Crippen LogP contribution in [0.5, 0.6) is 0 Å². The predicted molar refractivity (Wildman–Crippen MR) is 72.9 cm³/mol. The van der Waals surface area contributed by atoms with Gasteiger partial charge in [0.05, 0.1) is 0 Å². The van der Waals surface area contributed by atoms with E-state index in [0.29, 0.717) is 0 Å². The van der Waals surface area contributed by atoms with Gasteiger partial charge in [-0.2, -0.15) is 0 Å². The number of aliphatic carboxylic acids is 6. The van der Waals surface area contributed by atoms with Crippen LogP contribution in [-0.2, 0) is 48.2 Å². The van der Waals surface area contributed by atoms with Crippen LogP contribution in [-0.4, -0.2) is 46.1 Å². The molecule has 0 saturated carbocycles. The van der Waals surface area contributed by atoms with Crippen molar-refractivity contribution in [1.82, 2.24) is 0 Å². The number of carbonyl (C=O) groups is 6. The molecule has 0 atom stereocenters. The predicted octanol–water partition coefficient (Wildman–Crippen LogP) is -7.81. The summed E-state index contributed by atoms with van der Waals surface area (Å²) in [4.78, 5) is 61.7. The molecule has 0 rings (SSSR count). The molecule has 1 N–H and O–H groups in total. The first kappa shape index (κ1) is 56.5. The third-order valence-corrected chi connectivity index (χ3v) is 0. The second-order valence-electron chi connectivity index (χ2n) is 3.19. The smallest absolute Gasteiger partial charge is 0.550 e. The molecule has 0 spiro atoms. The van der Waals surface area contributed by atoms with Crippen molar-refractivity contribution in [1.29, 1.82) is 0 Å². The first-order valence-corrected chi connectivity index (χ1v) is 6.01. The SMILES string of the molecule is CC(=O)[O-].CC(=O)[O-].CC(=O)[O-].CC(=O)[O-].CC(=O)[O-].CC(=O)[O-].O=[N+]([O-])O.[La+3].[Ru+3]. The average molecular weight is 657 g/mol. The molecule has 0 aromatic heterocycles. The molecular formula is C12H19LaNO15Ru. The molecule has 0 unspecified atom stereocenters. The maximum atomic E-state index is 8.89. The third-order valence-electron chi connectivity index (χ3n) is 0. The second kappa shape index (κ2) is 50.5. The molecule has 30 heavy (non-hydrogen) atoms. The molecule has 173 valence electrons. The number of nitrogens with zero attached hydrogens (tertiary/aromatic N) is 1. The van der Waals surface area contributed by atoms with Crippen molar-refractivity contribution in [2.24, 2.45) is 0 Å². The Morgan fingerprint density at radius 1 is 0.533 bits per heavy atom. The monoisotopic (exact) mass is 658 g/mol. The molecule has 0 aliphatic rings. The fourth-order valence-electron chi connectivity index (χ4n) is 0. The summed E-state index contributed by atoms with van der Waals surface area (Å²) in [5.74, 6) is -6.50. The van der Waals surface area contributed by atoms with Gasteiger partial charge < -0.3 is 64.6 Å². The average Bonchev–Trinajstić information content (AvgIpc) is 2.20. The quantitative estimate of drug-likeness (QED) is 0.144. The molecule has 0 aromatic rings. The molecule has 0 aromatic carbocycles. The van der Waals surface area contributed by atoms with Crippen LogP contribution in [0.3, 0.4) is 0 Å². The van der Waals surface area contributed by atoms with Gasteiger partial charge in [-0.05, 0) is 41.5 Å². The first-order chi connectivity index (χ1) is 12.1. The first-order valence-electron chi connectivity index (χ1n) is 6.01. The summed E-state index contributed by atoms with van der Waals surface area (Å²) in [7, 11) is 0. The number of carboxylic acids is 6. The van der Waals surface area contributed by atoms with Gasteiger partial charge in [0.1, 0.15) is 0 Å². The van der Waals surface area contributed by atoms with Crippen molar-refractivity contribution in [2.45, 2.75) is 41.5 Å². The molecular weight excluding hydrogens is 638 g/mol. The van der Waals surface area contributed by atoms with Crippen molar-refractivity contribution in [2.75, 3.05) is 0 Å². The van der Waals surface area contributed by atoms with Crippen LogP contribution in [0.1, 0.15) is 41.5 Å². The Kier molecular flexibility index (Phi) is 95.1. The van der Waals surface area contributed by atoms with E-state index in [1.165, 1.54) is 0 Å². The zero-order valence-corrected chi connectivity index (χ0v) is 21.9. The maximum absolute atomic E-state index is 8.89. The van der Waals surface area contributed by atoms with Gasteiger partial charge in [0.15, 0.2) is 0 Å². The molecule has 1 radical (unpaired) electrons. The Labute approximate surface area is 211 Å². The molecule has 0 fully saturated rings. The Morgan fingerprint density at radius 2 is 0.533 bits per heavy atom. The fourth-order valence-corrected chi connectivity index (χ4v) is 0. The van der Waals surface area contributed by atoms with Crippen LogP contribution in [0.2, 0.25) is 0 Å². The standard InChI is InChI=1S/6C2H4O2.La.HNO3.Ru/c6*1-2(3)4;;2-1(3)4;/h6*1H3,(H,3,4);;(H,2,3,4);/q;;;;;;+3;;+3/p-6. The van der Waals surface area contributed by atoms with Gasteiger partial charge in [-0.3, -0.25) is 0 Å². The molecule has 18 heteroatoms. The molecule has 0 aliphatic heterocycles. The van der Waals surface area contributed by atoms with E-state index in [1.54, 1.807) is 0 Å². The molecule has 0 saturated heterocycles. The number of rotatable bonds is 0. The third kappa shape index (κ3) is 3410. The summed E-state index contributed by atoms with van der Waals surface area (Å²) in [5, 5.41) is 67.0. The number of carbonyl (C=O) groups excluding carboxylic acids is 6. The summed E-state index contributed by atoms with van der Waals surface area (Å²) >= 11 is 0. The van der Waals surface area contributed by atoms with Crippen molar-refractivity contribution in [3.8, 4) is 0 Å². The minimum atomic E-state index is -1.50. The minimum Gasteiger partial charge on any atom is -0.550 e. The normalized spacial score (nSPS) is 5.80.